The minimum Gasteiger partial charge on any atom is -0.385 e. The van der Waals surface area contributed by atoms with Crippen molar-refractivity contribution < 1.29 is 0 Å². The Labute approximate surface area is 190 Å². The lowest BCUT2D eigenvalue weighted by Crippen LogP contribution is -2.31. The lowest BCUT2D eigenvalue weighted by Gasteiger charge is -2.15. The van der Waals surface area contributed by atoms with E-state index < -0.39 is 0 Å². The summed E-state index contributed by atoms with van der Waals surface area (Å²) in [6.07, 6.45) is 9.47. The second kappa shape index (κ2) is 18.3. The Morgan fingerprint density at radius 2 is 1.81 bits per heavy atom. The summed E-state index contributed by atoms with van der Waals surface area (Å²) in [5.74, 6) is 0. The molecule has 4 rings (SSSR count). The highest BCUT2D eigenvalue weighted by atomic mass is 15.0. The zero-order chi connectivity index (χ0) is 23.5. The highest BCUT2D eigenvalue weighted by molar-refractivity contribution is 5.83. The van der Waals surface area contributed by atoms with Crippen LogP contribution in [0.5, 0.6) is 0 Å². The smallest absolute Gasteiger partial charge is 0.0463 e. The molecule has 31 heavy (non-hydrogen) atoms. The summed E-state index contributed by atoms with van der Waals surface area (Å²) in [6.45, 7) is 22.2. The lowest BCUT2D eigenvalue weighted by atomic mass is 10.1. The maximum Gasteiger partial charge on any atom is 0.0463 e. The van der Waals surface area contributed by atoms with Gasteiger partial charge >= 0.3 is 0 Å². The Bertz CT molecular complexity index is 709. The van der Waals surface area contributed by atoms with Gasteiger partial charge in [-0.2, -0.15) is 0 Å². The first-order valence-corrected chi connectivity index (χ1v) is 11.3. The first kappa shape index (κ1) is 28.6. The Hall–Kier alpha value is -2.43. The fourth-order valence-corrected chi connectivity index (χ4v) is 3.05. The summed E-state index contributed by atoms with van der Waals surface area (Å²) in [5.41, 5.74) is 7.45. The zero-order valence-corrected chi connectivity index (χ0v) is 19.8. The molecule has 0 bridgehead atoms. The topological polar surface area (TPSA) is 63.0 Å². The molecule has 172 valence electrons. The molecule has 1 saturated heterocycles. The molecule has 0 spiro atoms. The van der Waals surface area contributed by atoms with Crippen molar-refractivity contribution in [2.45, 2.75) is 64.5 Å². The molecule has 0 amide bonds. The summed E-state index contributed by atoms with van der Waals surface area (Å²) in [5, 5.41) is 9.38. The van der Waals surface area contributed by atoms with Crippen LogP contribution in [-0.2, 0) is 0 Å². The molecule has 1 saturated carbocycles. The van der Waals surface area contributed by atoms with Gasteiger partial charge in [0.1, 0.15) is 0 Å². The molecule has 1 atom stereocenters. The monoisotopic (exact) mass is 424 g/mol. The SMILES string of the molecule is C=C.C=C.C=C(NC1CC1)C1CCCN1.CCCCN.Cc1nccc2ccccc12. The molecule has 4 N–H and O–H groups in total. The molecule has 1 unspecified atom stereocenters. The largest absolute Gasteiger partial charge is 0.385 e. The van der Waals surface area contributed by atoms with E-state index in [1.807, 2.05) is 31.3 Å². The maximum atomic E-state index is 5.14. The molecule has 1 aliphatic carbocycles. The number of unbranched alkanes of at least 4 members (excludes halogenated alkanes) is 1. The quantitative estimate of drug-likeness (QED) is 0.523. The van der Waals surface area contributed by atoms with Gasteiger partial charge in [-0.1, -0.05) is 44.2 Å². The van der Waals surface area contributed by atoms with Gasteiger partial charge in [-0.15, -0.1) is 26.3 Å². The molecule has 4 nitrogen and oxygen atoms in total. The van der Waals surface area contributed by atoms with Crippen LogP contribution in [0, 0.1) is 6.92 Å². The number of hydrogen-bond acceptors (Lipinski definition) is 4. The molecular formula is C27H44N4. The van der Waals surface area contributed by atoms with Gasteiger partial charge in [-0.25, -0.2) is 0 Å². The van der Waals surface area contributed by atoms with Crippen molar-refractivity contribution in [1.29, 1.82) is 0 Å². The van der Waals surface area contributed by atoms with Gasteiger partial charge in [0.2, 0.25) is 0 Å². The third-order valence-corrected chi connectivity index (χ3v) is 4.88. The van der Waals surface area contributed by atoms with Crippen LogP contribution in [0.25, 0.3) is 10.8 Å². The van der Waals surface area contributed by atoms with Gasteiger partial charge in [0.15, 0.2) is 0 Å². The van der Waals surface area contributed by atoms with E-state index in [0.717, 1.165) is 24.8 Å². The lowest BCUT2D eigenvalue weighted by molar-refractivity contribution is 0.619. The van der Waals surface area contributed by atoms with Crippen LogP contribution < -0.4 is 16.4 Å². The standard InChI is InChI=1S/C10H9N.C9H16N2.C4H11N.2C2H4/c1-8-10-5-3-2-4-9(10)6-7-11-8;1-7(11-8-4-5-8)9-3-2-6-10-9;1-2-3-4-5;2*1-2/h2-7H,1H3;8-11H,1-6H2;2-5H2,1H3;2*1-2H2. The summed E-state index contributed by atoms with van der Waals surface area (Å²) >= 11 is 0. The van der Waals surface area contributed by atoms with Crippen molar-refractivity contribution in [3.05, 3.63) is 80.8 Å². The fourth-order valence-electron chi connectivity index (χ4n) is 3.05. The van der Waals surface area contributed by atoms with Crippen molar-refractivity contribution in [2.24, 2.45) is 5.73 Å². The zero-order valence-electron chi connectivity index (χ0n) is 19.8. The highest BCUT2D eigenvalue weighted by Gasteiger charge is 2.25. The van der Waals surface area contributed by atoms with E-state index in [9.17, 15) is 0 Å². The number of nitrogens with zero attached hydrogens (tertiary/aromatic N) is 1. The van der Waals surface area contributed by atoms with E-state index in [2.05, 4.69) is 67.6 Å². The van der Waals surface area contributed by atoms with Crippen LogP contribution in [0.2, 0.25) is 0 Å². The fraction of sp³-hybridized carbons (Fsp3) is 0.444. The van der Waals surface area contributed by atoms with E-state index in [0.29, 0.717) is 6.04 Å². The number of pyridine rings is 1. The first-order valence-electron chi connectivity index (χ1n) is 11.3. The molecule has 2 aliphatic rings. The second-order valence-corrected chi connectivity index (χ2v) is 7.35. The first-order chi connectivity index (χ1) is 15.2. The van der Waals surface area contributed by atoms with Gasteiger partial charge in [0.25, 0.3) is 0 Å². The highest BCUT2D eigenvalue weighted by Crippen LogP contribution is 2.22. The van der Waals surface area contributed by atoms with Crippen molar-refractivity contribution >= 4 is 10.8 Å². The number of fused-ring (bicyclic) bond motifs is 1. The van der Waals surface area contributed by atoms with Crippen molar-refractivity contribution in [1.82, 2.24) is 15.6 Å². The van der Waals surface area contributed by atoms with Gasteiger partial charge in [-0.05, 0) is 63.6 Å². The second-order valence-electron chi connectivity index (χ2n) is 7.35. The van der Waals surface area contributed by atoms with Crippen LogP contribution in [0.15, 0.2) is 75.1 Å². The number of nitrogens with two attached hydrogens (primary N) is 1. The Kier molecular flexibility index (Phi) is 16.9. The number of aryl methyl sites for hydroxylation is 1. The third kappa shape index (κ3) is 12.1. The van der Waals surface area contributed by atoms with E-state index >= 15 is 0 Å². The predicted octanol–water partition coefficient (Wildman–Crippen LogP) is 5.90. The van der Waals surface area contributed by atoms with Crippen LogP contribution in [0.3, 0.4) is 0 Å². The molecule has 1 aromatic carbocycles. The summed E-state index contributed by atoms with van der Waals surface area (Å²) in [4.78, 5) is 4.21. The minimum atomic E-state index is 0.551. The van der Waals surface area contributed by atoms with E-state index in [1.54, 1.807) is 0 Å². The van der Waals surface area contributed by atoms with Crippen LogP contribution in [0.4, 0.5) is 0 Å². The van der Waals surface area contributed by atoms with Gasteiger partial charge in [0.05, 0.1) is 0 Å². The van der Waals surface area contributed by atoms with Crippen molar-refractivity contribution in [3.63, 3.8) is 0 Å². The molecule has 4 heteroatoms. The molecule has 2 aromatic rings. The average Bonchev–Trinajstić information content (AvgIpc) is 3.46. The average molecular weight is 425 g/mol. The van der Waals surface area contributed by atoms with Crippen LogP contribution in [-0.4, -0.2) is 30.2 Å². The number of hydrogen-bond donors (Lipinski definition) is 3. The number of nitrogens with one attached hydrogen (secondary N) is 2. The van der Waals surface area contributed by atoms with Gasteiger partial charge in [-0.3, -0.25) is 4.98 Å². The molecular weight excluding hydrogens is 380 g/mol. The number of rotatable bonds is 5. The number of benzene rings is 1. The summed E-state index contributed by atoms with van der Waals surface area (Å²) in [6, 6.07) is 11.6. The minimum absolute atomic E-state index is 0.551. The summed E-state index contributed by atoms with van der Waals surface area (Å²) in [7, 11) is 0. The van der Waals surface area contributed by atoms with E-state index in [-0.39, 0.29) is 0 Å². The molecule has 1 aliphatic heterocycles. The Morgan fingerprint density at radius 3 is 2.29 bits per heavy atom. The Balaban J connectivity index is 0.000000427. The van der Waals surface area contributed by atoms with Gasteiger partial charge < -0.3 is 16.4 Å². The van der Waals surface area contributed by atoms with Crippen molar-refractivity contribution in [2.75, 3.05) is 13.1 Å². The van der Waals surface area contributed by atoms with Gasteiger partial charge in [0, 0.05) is 35.1 Å². The summed E-state index contributed by atoms with van der Waals surface area (Å²) < 4.78 is 0. The van der Waals surface area contributed by atoms with Crippen LogP contribution >= 0.6 is 0 Å². The predicted molar refractivity (Wildman–Crippen MR) is 139 cm³/mol. The molecule has 2 fully saturated rings. The molecule has 2 heterocycles. The normalized spacial score (nSPS) is 16.0. The van der Waals surface area contributed by atoms with E-state index in [1.165, 1.54) is 55.0 Å². The Morgan fingerprint density at radius 1 is 1.13 bits per heavy atom. The van der Waals surface area contributed by atoms with Crippen molar-refractivity contribution in [3.8, 4) is 0 Å². The third-order valence-electron chi connectivity index (χ3n) is 4.88. The van der Waals surface area contributed by atoms with Crippen LogP contribution in [0.1, 0.15) is 51.1 Å². The van der Waals surface area contributed by atoms with E-state index in [4.69, 9.17) is 5.73 Å². The molecule has 0 radical (unpaired) electrons. The maximum absolute atomic E-state index is 5.14. The molecule has 1 aromatic heterocycles. The number of aromatic nitrogens is 1.